The molecule has 126 valence electrons. The zero-order chi connectivity index (χ0) is 15.7. The zero-order valence-corrected chi connectivity index (χ0v) is 14.7. The van der Waals surface area contributed by atoms with Crippen molar-refractivity contribution in [3.8, 4) is 0 Å². The van der Waals surface area contributed by atoms with E-state index in [4.69, 9.17) is 0 Å². The third kappa shape index (κ3) is 4.18. The van der Waals surface area contributed by atoms with Crippen LogP contribution in [0.15, 0.2) is 28.0 Å². The summed E-state index contributed by atoms with van der Waals surface area (Å²) < 4.78 is 52.9. The minimum atomic E-state index is -3.64. The van der Waals surface area contributed by atoms with Crippen LogP contribution in [0.1, 0.15) is 12.0 Å². The number of hydrogen-bond acceptors (Lipinski definition) is 5. The molecule has 0 spiro atoms. The molecule has 10 heteroatoms. The van der Waals surface area contributed by atoms with Gasteiger partial charge in [-0.05, 0) is 50.7 Å². The van der Waals surface area contributed by atoms with E-state index in [0.717, 1.165) is 13.0 Å². The number of rotatable bonds is 5. The van der Waals surface area contributed by atoms with Gasteiger partial charge in [-0.25, -0.2) is 26.3 Å². The van der Waals surface area contributed by atoms with Gasteiger partial charge >= 0.3 is 0 Å². The number of sulfonamides is 2. The quantitative estimate of drug-likeness (QED) is 0.675. The van der Waals surface area contributed by atoms with E-state index in [1.807, 2.05) is 0 Å². The molecule has 1 aromatic rings. The molecule has 0 bridgehead atoms. The third-order valence-corrected chi connectivity index (χ3v) is 6.49. The van der Waals surface area contributed by atoms with E-state index in [-0.39, 0.29) is 28.2 Å². The van der Waals surface area contributed by atoms with Crippen LogP contribution >= 0.6 is 12.4 Å². The summed E-state index contributed by atoms with van der Waals surface area (Å²) in [5.41, 5.74) is 0.386. The third-order valence-electron chi connectivity index (χ3n) is 3.40. The first kappa shape index (κ1) is 19.3. The lowest BCUT2D eigenvalue weighted by atomic mass is 10.2. The molecule has 0 amide bonds. The number of benzene rings is 1. The molecule has 0 saturated carbocycles. The molecule has 22 heavy (non-hydrogen) atoms. The minimum absolute atomic E-state index is 0. The van der Waals surface area contributed by atoms with Crippen LogP contribution in [0.4, 0.5) is 0 Å². The highest BCUT2D eigenvalue weighted by molar-refractivity contribution is 7.90. The molecule has 1 aliphatic rings. The molecule has 0 radical (unpaired) electrons. The van der Waals surface area contributed by atoms with Gasteiger partial charge in [-0.15, -0.1) is 12.4 Å². The molecular weight excluding hydrogens is 350 g/mol. The lowest BCUT2D eigenvalue weighted by Crippen LogP contribution is -2.36. The van der Waals surface area contributed by atoms with E-state index in [1.54, 1.807) is 6.92 Å². The van der Waals surface area contributed by atoms with Gasteiger partial charge in [0, 0.05) is 12.6 Å². The van der Waals surface area contributed by atoms with Gasteiger partial charge in [0.05, 0.1) is 9.79 Å². The second-order valence-electron chi connectivity index (χ2n) is 4.95. The Morgan fingerprint density at radius 3 is 2.36 bits per heavy atom. The van der Waals surface area contributed by atoms with Gasteiger partial charge in [-0.1, -0.05) is 0 Å². The maximum absolute atomic E-state index is 12.3. The molecule has 1 aliphatic heterocycles. The summed E-state index contributed by atoms with van der Waals surface area (Å²) in [6, 6.07) is 3.86. The van der Waals surface area contributed by atoms with Crippen molar-refractivity contribution in [2.24, 2.45) is 0 Å². The highest BCUT2D eigenvalue weighted by atomic mass is 35.5. The highest BCUT2D eigenvalue weighted by Gasteiger charge is 2.24. The van der Waals surface area contributed by atoms with Gasteiger partial charge in [0.1, 0.15) is 0 Å². The van der Waals surface area contributed by atoms with Crippen molar-refractivity contribution >= 4 is 32.5 Å². The lowest BCUT2D eigenvalue weighted by Gasteiger charge is -2.13. The monoisotopic (exact) mass is 369 g/mol. The molecule has 1 fully saturated rings. The fourth-order valence-electron chi connectivity index (χ4n) is 2.24. The number of aryl methyl sites for hydroxylation is 1. The van der Waals surface area contributed by atoms with Crippen LogP contribution in [0.25, 0.3) is 0 Å². The summed E-state index contributed by atoms with van der Waals surface area (Å²) in [7, 11) is -5.92. The van der Waals surface area contributed by atoms with Crippen LogP contribution in [0, 0.1) is 6.92 Å². The fraction of sp³-hybridized carbons (Fsp3) is 0.500. The van der Waals surface area contributed by atoms with E-state index in [9.17, 15) is 16.8 Å². The van der Waals surface area contributed by atoms with Gasteiger partial charge in [-0.2, -0.15) is 0 Å². The van der Waals surface area contributed by atoms with E-state index >= 15 is 0 Å². The Labute approximate surface area is 137 Å². The predicted molar refractivity (Wildman–Crippen MR) is 86.3 cm³/mol. The zero-order valence-electron chi connectivity index (χ0n) is 12.3. The first-order chi connectivity index (χ1) is 9.76. The summed E-state index contributed by atoms with van der Waals surface area (Å²) >= 11 is 0. The second kappa shape index (κ2) is 7.24. The van der Waals surface area contributed by atoms with E-state index in [1.165, 1.54) is 25.2 Å². The molecule has 0 aromatic heterocycles. The summed E-state index contributed by atoms with van der Waals surface area (Å²) in [4.78, 5) is 0.147. The smallest absolute Gasteiger partial charge is 0.240 e. The molecule has 1 unspecified atom stereocenters. The van der Waals surface area contributed by atoms with Crippen LogP contribution in [0.2, 0.25) is 0 Å². The SMILES string of the molecule is CNS(=O)(=O)c1ccc(S(=O)(=O)NC2CCNC2)cc1C.Cl. The minimum Gasteiger partial charge on any atom is -0.315 e. The Hall–Kier alpha value is -0.710. The molecule has 1 saturated heterocycles. The Morgan fingerprint density at radius 1 is 1.18 bits per heavy atom. The van der Waals surface area contributed by atoms with Crippen LogP contribution in [0.5, 0.6) is 0 Å². The Balaban J connectivity index is 0.00000242. The maximum Gasteiger partial charge on any atom is 0.240 e. The standard InChI is InChI=1S/C12H19N3O4S2.ClH/c1-9-7-11(3-4-12(9)21(18,19)13-2)20(16,17)15-10-5-6-14-8-10;/h3-4,7,10,13-15H,5-6,8H2,1-2H3;1H. The first-order valence-corrected chi connectivity index (χ1v) is 9.50. The molecule has 2 rings (SSSR count). The van der Waals surface area contributed by atoms with Crippen LogP contribution in [-0.4, -0.2) is 43.0 Å². The molecule has 7 nitrogen and oxygen atoms in total. The lowest BCUT2D eigenvalue weighted by molar-refractivity contribution is 0.559. The van der Waals surface area contributed by atoms with Gasteiger partial charge in [0.15, 0.2) is 0 Å². The van der Waals surface area contributed by atoms with Gasteiger partial charge in [0.2, 0.25) is 20.0 Å². The molecule has 1 heterocycles. The number of nitrogens with one attached hydrogen (secondary N) is 3. The summed E-state index contributed by atoms with van der Waals surface area (Å²) in [6.45, 7) is 2.95. The van der Waals surface area contributed by atoms with Crippen LogP contribution in [-0.2, 0) is 20.0 Å². The van der Waals surface area contributed by atoms with Crippen molar-refractivity contribution in [3.63, 3.8) is 0 Å². The van der Waals surface area contributed by atoms with Crippen molar-refractivity contribution in [2.75, 3.05) is 20.1 Å². The van der Waals surface area contributed by atoms with E-state index in [2.05, 4.69) is 14.8 Å². The summed E-state index contributed by atoms with van der Waals surface area (Å²) in [5, 5.41) is 3.08. The molecular formula is C12H20ClN3O4S2. The Morgan fingerprint density at radius 2 is 1.86 bits per heavy atom. The van der Waals surface area contributed by atoms with Crippen molar-refractivity contribution < 1.29 is 16.8 Å². The number of halogens is 1. The van der Waals surface area contributed by atoms with E-state index < -0.39 is 20.0 Å². The second-order valence-corrected chi connectivity index (χ2v) is 8.51. The van der Waals surface area contributed by atoms with Gasteiger partial charge in [0.25, 0.3) is 0 Å². The van der Waals surface area contributed by atoms with Crippen molar-refractivity contribution in [3.05, 3.63) is 23.8 Å². The van der Waals surface area contributed by atoms with Gasteiger partial charge < -0.3 is 5.32 Å². The van der Waals surface area contributed by atoms with Crippen molar-refractivity contribution in [1.82, 2.24) is 14.8 Å². The molecule has 0 aliphatic carbocycles. The predicted octanol–water partition coefficient (Wildman–Crippen LogP) is -0.0349. The largest absolute Gasteiger partial charge is 0.315 e. The van der Waals surface area contributed by atoms with Crippen LogP contribution < -0.4 is 14.8 Å². The van der Waals surface area contributed by atoms with Gasteiger partial charge in [-0.3, -0.25) is 0 Å². The maximum atomic E-state index is 12.3. The summed E-state index contributed by atoms with van der Waals surface area (Å²) in [5.74, 6) is 0. The fourth-order valence-corrected chi connectivity index (χ4v) is 4.55. The summed E-state index contributed by atoms with van der Waals surface area (Å²) in [6.07, 6.45) is 0.741. The average molecular weight is 370 g/mol. The van der Waals surface area contributed by atoms with Crippen molar-refractivity contribution in [1.29, 1.82) is 0 Å². The number of hydrogen-bond donors (Lipinski definition) is 3. The van der Waals surface area contributed by atoms with Crippen LogP contribution in [0.3, 0.4) is 0 Å². The Bertz CT molecular complexity index is 729. The van der Waals surface area contributed by atoms with E-state index in [0.29, 0.717) is 12.1 Å². The molecule has 1 aromatic carbocycles. The Kier molecular flexibility index (Phi) is 6.36. The molecule has 3 N–H and O–H groups in total. The molecule has 1 atom stereocenters. The first-order valence-electron chi connectivity index (χ1n) is 6.53. The topological polar surface area (TPSA) is 104 Å². The van der Waals surface area contributed by atoms with Crippen molar-refractivity contribution in [2.45, 2.75) is 29.2 Å². The highest BCUT2D eigenvalue weighted by Crippen LogP contribution is 2.20. The average Bonchev–Trinajstić information content (AvgIpc) is 2.90. The normalized spacial score (nSPS) is 18.9.